The maximum absolute atomic E-state index is 13.3. The van der Waals surface area contributed by atoms with Gasteiger partial charge in [-0.15, -0.1) is 0 Å². The summed E-state index contributed by atoms with van der Waals surface area (Å²) in [5, 5.41) is 3.30. The highest BCUT2D eigenvalue weighted by molar-refractivity contribution is 5.79. The van der Waals surface area contributed by atoms with Crippen molar-refractivity contribution in [1.29, 1.82) is 0 Å². The van der Waals surface area contributed by atoms with Crippen molar-refractivity contribution in [1.82, 2.24) is 10.2 Å². The fourth-order valence-electron chi connectivity index (χ4n) is 3.40. The minimum absolute atomic E-state index is 0.121. The van der Waals surface area contributed by atoms with E-state index in [0.717, 1.165) is 44.7 Å². The summed E-state index contributed by atoms with van der Waals surface area (Å²) in [5.41, 5.74) is 0.889. The van der Waals surface area contributed by atoms with Crippen LogP contribution in [0.25, 0.3) is 0 Å². The van der Waals surface area contributed by atoms with E-state index < -0.39 is 0 Å². The van der Waals surface area contributed by atoms with Crippen LogP contribution in [0.1, 0.15) is 12.8 Å². The first kappa shape index (κ1) is 16.1. The van der Waals surface area contributed by atoms with Gasteiger partial charge in [0.2, 0.25) is 5.91 Å². The molecule has 0 radical (unpaired) electrons. The van der Waals surface area contributed by atoms with Gasteiger partial charge in [-0.1, -0.05) is 0 Å². The second-order valence-electron chi connectivity index (χ2n) is 6.17. The van der Waals surface area contributed by atoms with Gasteiger partial charge in [0.15, 0.2) is 0 Å². The molecule has 0 bridgehead atoms. The minimum atomic E-state index is -0.302. The number of amides is 1. The number of anilines is 1. The maximum Gasteiger partial charge on any atom is 0.227 e. The van der Waals surface area contributed by atoms with Crippen LogP contribution >= 0.6 is 0 Å². The molecule has 5 nitrogen and oxygen atoms in total. The molecule has 1 unspecified atom stereocenters. The summed E-state index contributed by atoms with van der Waals surface area (Å²) < 4.78 is 18.6. The zero-order valence-corrected chi connectivity index (χ0v) is 13.6. The highest BCUT2D eigenvalue weighted by Crippen LogP contribution is 2.30. The van der Waals surface area contributed by atoms with Crippen molar-refractivity contribution in [3.8, 4) is 5.75 Å². The van der Waals surface area contributed by atoms with E-state index in [2.05, 4.69) is 10.2 Å². The molecule has 3 rings (SSSR count). The topological polar surface area (TPSA) is 44.8 Å². The molecule has 1 aromatic rings. The van der Waals surface area contributed by atoms with E-state index in [-0.39, 0.29) is 17.6 Å². The molecule has 0 aliphatic carbocycles. The zero-order valence-electron chi connectivity index (χ0n) is 13.6. The average molecular weight is 321 g/mol. The van der Waals surface area contributed by atoms with E-state index >= 15 is 0 Å². The van der Waals surface area contributed by atoms with E-state index in [9.17, 15) is 9.18 Å². The third-order valence-electron chi connectivity index (χ3n) is 4.72. The Morgan fingerprint density at radius 1 is 1.30 bits per heavy atom. The lowest BCUT2D eigenvalue weighted by Gasteiger charge is -2.38. The molecule has 0 saturated carbocycles. The predicted molar refractivity (Wildman–Crippen MR) is 87.3 cm³/mol. The first-order valence-corrected chi connectivity index (χ1v) is 8.27. The minimum Gasteiger partial charge on any atom is -0.494 e. The molecule has 2 heterocycles. The molecule has 2 aliphatic rings. The van der Waals surface area contributed by atoms with Gasteiger partial charge in [0.1, 0.15) is 11.6 Å². The lowest BCUT2D eigenvalue weighted by molar-refractivity contribution is -0.136. The lowest BCUT2D eigenvalue weighted by atomic mass is 9.98. The van der Waals surface area contributed by atoms with Gasteiger partial charge >= 0.3 is 0 Å². The van der Waals surface area contributed by atoms with Crippen molar-refractivity contribution in [3.05, 3.63) is 24.0 Å². The number of hydrogen-bond acceptors (Lipinski definition) is 4. The summed E-state index contributed by atoms with van der Waals surface area (Å²) in [4.78, 5) is 16.7. The normalized spacial score (nSPS) is 22.1. The fraction of sp³-hybridized carbons (Fsp3) is 0.588. The van der Waals surface area contributed by atoms with Crippen LogP contribution in [0.15, 0.2) is 18.2 Å². The highest BCUT2D eigenvalue weighted by atomic mass is 19.1. The van der Waals surface area contributed by atoms with Crippen LogP contribution in [0.5, 0.6) is 5.75 Å². The Labute approximate surface area is 136 Å². The maximum atomic E-state index is 13.3. The van der Waals surface area contributed by atoms with Crippen molar-refractivity contribution < 1.29 is 13.9 Å². The first-order chi connectivity index (χ1) is 11.2. The molecule has 1 atom stereocenters. The predicted octanol–water partition coefficient (Wildman–Crippen LogP) is 1.48. The number of benzene rings is 1. The first-order valence-electron chi connectivity index (χ1n) is 8.27. The average Bonchev–Trinajstić information content (AvgIpc) is 2.62. The molecule has 2 aliphatic heterocycles. The van der Waals surface area contributed by atoms with Crippen molar-refractivity contribution in [2.45, 2.75) is 12.8 Å². The summed E-state index contributed by atoms with van der Waals surface area (Å²) in [7, 11) is 1.55. The number of hydrogen-bond donors (Lipinski definition) is 1. The van der Waals surface area contributed by atoms with E-state index in [1.54, 1.807) is 13.2 Å². The number of nitrogens with one attached hydrogen (secondary N) is 1. The van der Waals surface area contributed by atoms with Crippen LogP contribution in [0.2, 0.25) is 0 Å². The number of piperidine rings is 1. The third kappa shape index (κ3) is 3.58. The summed E-state index contributed by atoms with van der Waals surface area (Å²) in [6, 6.07) is 4.60. The van der Waals surface area contributed by atoms with Crippen LogP contribution < -0.4 is 15.0 Å². The summed E-state index contributed by atoms with van der Waals surface area (Å²) >= 11 is 0. The van der Waals surface area contributed by atoms with E-state index in [4.69, 9.17) is 4.74 Å². The number of halogens is 1. The Kier molecular flexibility index (Phi) is 5.00. The van der Waals surface area contributed by atoms with Crippen LogP contribution in [0, 0.1) is 11.7 Å². The van der Waals surface area contributed by atoms with Gasteiger partial charge in [0, 0.05) is 38.8 Å². The van der Waals surface area contributed by atoms with Gasteiger partial charge < -0.3 is 19.9 Å². The summed E-state index contributed by atoms with van der Waals surface area (Å²) in [6.45, 7) is 4.71. The largest absolute Gasteiger partial charge is 0.494 e. The summed E-state index contributed by atoms with van der Waals surface area (Å²) in [6.07, 6.45) is 2.06. The SMILES string of the molecule is COc1cc(F)ccc1N1CCN(C(=O)C2CCCNC2)CC1. The Balaban J connectivity index is 1.61. The quantitative estimate of drug-likeness (QED) is 0.916. The number of piperazine rings is 1. The molecule has 0 spiro atoms. The smallest absolute Gasteiger partial charge is 0.227 e. The Hall–Kier alpha value is -1.82. The number of rotatable bonds is 3. The Morgan fingerprint density at radius 3 is 2.74 bits per heavy atom. The number of nitrogens with zero attached hydrogens (tertiary/aromatic N) is 2. The molecule has 6 heteroatoms. The molecule has 1 amide bonds. The molecule has 0 aromatic heterocycles. The van der Waals surface area contributed by atoms with Gasteiger partial charge in [-0.05, 0) is 31.5 Å². The molecule has 1 aromatic carbocycles. The summed E-state index contributed by atoms with van der Waals surface area (Å²) in [5.74, 6) is 0.629. The molecule has 1 N–H and O–H groups in total. The van der Waals surface area contributed by atoms with Gasteiger partial charge in [-0.2, -0.15) is 0 Å². The Bertz CT molecular complexity index is 553. The number of ether oxygens (including phenoxy) is 1. The standard InChI is InChI=1S/C17H24FN3O2/c1-23-16-11-14(18)4-5-15(16)20-7-9-21(10-8-20)17(22)13-3-2-6-19-12-13/h4-5,11,13,19H,2-3,6-10,12H2,1H3. The van der Waals surface area contributed by atoms with Gasteiger partial charge in [0.25, 0.3) is 0 Å². The molecular weight excluding hydrogens is 297 g/mol. The van der Waals surface area contributed by atoms with E-state index in [0.29, 0.717) is 18.8 Å². The molecule has 2 saturated heterocycles. The van der Waals surface area contributed by atoms with Crippen LogP contribution in [0.3, 0.4) is 0 Å². The van der Waals surface area contributed by atoms with Crippen molar-refractivity contribution in [2.24, 2.45) is 5.92 Å². The Morgan fingerprint density at radius 2 is 2.09 bits per heavy atom. The monoisotopic (exact) mass is 321 g/mol. The van der Waals surface area contributed by atoms with Gasteiger partial charge in [-0.25, -0.2) is 4.39 Å². The van der Waals surface area contributed by atoms with E-state index in [1.807, 2.05) is 4.90 Å². The van der Waals surface area contributed by atoms with Crippen molar-refractivity contribution in [3.63, 3.8) is 0 Å². The molecule has 2 fully saturated rings. The van der Waals surface area contributed by atoms with E-state index in [1.165, 1.54) is 12.1 Å². The highest BCUT2D eigenvalue weighted by Gasteiger charge is 2.29. The number of carbonyl (C=O) groups excluding carboxylic acids is 1. The van der Waals surface area contributed by atoms with Crippen LogP contribution in [-0.2, 0) is 4.79 Å². The lowest BCUT2D eigenvalue weighted by Crippen LogP contribution is -2.52. The van der Waals surface area contributed by atoms with Crippen LogP contribution in [0.4, 0.5) is 10.1 Å². The third-order valence-corrected chi connectivity index (χ3v) is 4.72. The van der Waals surface area contributed by atoms with Crippen LogP contribution in [-0.4, -0.2) is 57.2 Å². The molecule has 23 heavy (non-hydrogen) atoms. The van der Waals surface area contributed by atoms with Gasteiger partial charge in [-0.3, -0.25) is 4.79 Å². The number of carbonyl (C=O) groups is 1. The second kappa shape index (κ2) is 7.17. The molecular formula is C17H24FN3O2. The number of methoxy groups -OCH3 is 1. The van der Waals surface area contributed by atoms with Crippen molar-refractivity contribution >= 4 is 11.6 Å². The van der Waals surface area contributed by atoms with Gasteiger partial charge in [0.05, 0.1) is 18.7 Å². The van der Waals surface area contributed by atoms with Crippen molar-refractivity contribution in [2.75, 3.05) is 51.3 Å². The second-order valence-corrected chi connectivity index (χ2v) is 6.17. The molecule has 126 valence electrons. The fourth-order valence-corrected chi connectivity index (χ4v) is 3.40. The zero-order chi connectivity index (χ0) is 16.2.